The molecule has 1 atom stereocenters. The van der Waals surface area contributed by atoms with Crippen molar-refractivity contribution in [1.29, 1.82) is 0 Å². The zero-order valence-electron chi connectivity index (χ0n) is 15.1. The summed E-state index contributed by atoms with van der Waals surface area (Å²) in [7, 11) is 1.66. The molecule has 0 spiro atoms. The second-order valence-electron chi connectivity index (χ2n) is 5.88. The fourth-order valence-electron chi connectivity index (χ4n) is 2.49. The quantitative estimate of drug-likeness (QED) is 0.763. The van der Waals surface area contributed by atoms with Crippen molar-refractivity contribution in [2.24, 2.45) is 7.05 Å². The summed E-state index contributed by atoms with van der Waals surface area (Å²) in [6.07, 6.45) is 2.30. The van der Waals surface area contributed by atoms with E-state index in [1.807, 2.05) is 20.8 Å². The van der Waals surface area contributed by atoms with Crippen LogP contribution in [0, 0.1) is 13.8 Å². The van der Waals surface area contributed by atoms with Crippen LogP contribution in [-0.4, -0.2) is 37.9 Å². The lowest BCUT2D eigenvalue weighted by Crippen LogP contribution is -2.29. The van der Waals surface area contributed by atoms with Gasteiger partial charge in [-0.1, -0.05) is 6.92 Å². The number of carbonyl (C=O) groups excluding carboxylic acids is 2. The first-order chi connectivity index (χ1) is 11.8. The first-order valence-corrected chi connectivity index (χ1v) is 8.89. The van der Waals surface area contributed by atoms with Crippen molar-refractivity contribution in [3.8, 4) is 0 Å². The van der Waals surface area contributed by atoms with Gasteiger partial charge in [-0.2, -0.15) is 10.2 Å². The number of aromatic nitrogens is 4. The predicted octanol–water partition coefficient (Wildman–Crippen LogP) is 2.34. The van der Waals surface area contributed by atoms with Crippen LogP contribution in [0.3, 0.4) is 0 Å². The highest BCUT2D eigenvalue weighted by Gasteiger charge is 2.24. The van der Waals surface area contributed by atoms with Crippen molar-refractivity contribution in [2.45, 2.75) is 40.2 Å². The number of rotatable bonds is 6. The minimum atomic E-state index is -0.531. The topological polar surface area (TPSA) is 93.8 Å². The molecule has 2 aromatic rings. The summed E-state index contributed by atoms with van der Waals surface area (Å²) in [5.74, 6) is -0.533. The van der Waals surface area contributed by atoms with E-state index in [9.17, 15) is 9.59 Å². The molecule has 136 valence electrons. The number of halogens is 1. The minimum Gasteiger partial charge on any atom is -0.351 e. The van der Waals surface area contributed by atoms with Gasteiger partial charge in [-0.15, -0.1) is 0 Å². The highest BCUT2D eigenvalue weighted by molar-refractivity contribution is 9.10. The second kappa shape index (κ2) is 7.81. The van der Waals surface area contributed by atoms with Gasteiger partial charge in [0, 0.05) is 13.6 Å². The molecule has 0 saturated heterocycles. The smallest absolute Gasteiger partial charge is 0.271 e. The summed E-state index contributed by atoms with van der Waals surface area (Å²) < 4.78 is 3.99. The SMILES string of the molecule is CCCNC(=O)c1c(NC(=O)C(C)n2nc(C)c(Br)c2C)cnn1C. The number of nitrogens with one attached hydrogen (secondary N) is 2. The Morgan fingerprint density at radius 2 is 2.04 bits per heavy atom. The molecule has 0 aliphatic heterocycles. The Bertz CT molecular complexity index is 795. The second-order valence-corrected chi connectivity index (χ2v) is 6.67. The van der Waals surface area contributed by atoms with Gasteiger partial charge in [0.1, 0.15) is 11.7 Å². The molecular formula is C16H23BrN6O2. The third kappa shape index (κ3) is 3.92. The number of carbonyl (C=O) groups is 2. The van der Waals surface area contributed by atoms with E-state index < -0.39 is 6.04 Å². The molecule has 0 radical (unpaired) electrons. The van der Waals surface area contributed by atoms with Crippen LogP contribution >= 0.6 is 15.9 Å². The summed E-state index contributed by atoms with van der Waals surface area (Å²) in [6, 6.07) is -0.531. The van der Waals surface area contributed by atoms with Crippen LogP contribution in [0.5, 0.6) is 0 Å². The predicted molar refractivity (Wildman–Crippen MR) is 98.6 cm³/mol. The molecule has 8 nitrogen and oxygen atoms in total. The molecule has 2 amide bonds. The van der Waals surface area contributed by atoms with E-state index in [0.717, 1.165) is 22.3 Å². The van der Waals surface area contributed by atoms with Gasteiger partial charge in [-0.3, -0.25) is 19.0 Å². The highest BCUT2D eigenvalue weighted by Crippen LogP contribution is 2.24. The first kappa shape index (κ1) is 19.2. The van der Waals surface area contributed by atoms with Gasteiger partial charge >= 0.3 is 0 Å². The number of nitrogens with zero attached hydrogens (tertiary/aromatic N) is 4. The largest absolute Gasteiger partial charge is 0.351 e. The summed E-state index contributed by atoms with van der Waals surface area (Å²) in [4.78, 5) is 24.9. The maximum absolute atomic E-state index is 12.6. The van der Waals surface area contributed by atoms with E-state index in [-0.39, 0.29) is 11.8 Å². The Hall–Kier alpha value is -2.16. The van der Waals surface area contributed by atoms with Crippen LogP contribution < -0.4 is 10.6 Å². The molecule has 2 N–H and O–H groups in total. The standard InChI is InChI=1S/C16H23BrN6O2/c1-6-7-18-16(25)14-12(8-19-22(14)5)20-15(24)11(4)23-10(3)13(17)9(2)21-23/h8,11H,6-7H2,1-5H3,(H,18,25)(H,20,24). The Morgan fingerprint density at radius 3 is 2.60 bits per heavy atom. The monoisotopic (exact) mass is 410 g/mol. The number of hydrogen-bond acceptors (Lipinski definition) is 4. The first-order valence-electron chi connectivity index (χ1n) is 8.10. The van der Waals surface area contributed by atoms with Crippen LogP contribution in [0.2, 0.25) is 0 Å². The molecule has 0 fully saturated rings. The van der Waals surface area contributed by atoms with Crippen molar-refractivity contribution in [1.82, 2.24) is 24.9 Å². The molecule has 1 unspecified atom stereocenters. The molecule has 9 heteroatoms. The van der Waals surface area contributed by atoms with Gasteiger partial charge in [-0.25, -0.2) is 0 Å². The lowest BCUT2D eigenvalue weighted by atomic mass is 10.2. The fourth-order valence-corrected chi connectivity index (χ4v) is 2.75. The van der Waals surface area contributed by atoms with Gasteiger partial charge in [0.15, 0.2) is 0 Å². The maximum atomic E-state index is 12.6. The fraction of sp³-hybridized carbons (Fsp3) is 0.500. The van der Waals surface area contributed by atoms with Crippen LogP contribution in [0.15, 0.2) is 10.7 Å². The Morgan fingerprint density at radius 1 is 1.36 bits per heavy atom. The van der Waals surface area contributed by atoms with Gasteiger partial charge in [-0.05, 0) is 43.1 Å². The molecule has 0 aliphatic rings. The average molecular weight is 411 g/mol. The lowest BCUT2D eigenvalue weighted by molar-refractivity contribution is -0.119. The zero-order valence-corrected chi connectivity index (χ0v) is 16.6. The van der Waals surface area contributed by atoms with Crippen LogP contribution in [0.4, 0.5) is 5.69 Å². The zero-order chi connectivity index (χ0) is 18.7. The number of anilines is 1. The highest BCUT2D eigenvalue weighted by atomic mass is 79.9. The molecule has 2 heterocycles. The van der Waals surface area contributed by atoms with Crippen molar-refractivity contribution >= 4 is 33.4 Å². The van der Waals surface area contributed by atoms with Crippen LogP contribution in [0.25, 0.3) is 0 Å². The van der Waals surface area contributed by atoms with E-state index >= 15 is 0 Å². The Labute approximate surface area is 155 Å². The summed E-state index contributed by atoms with van der Waals surface area (Å²) in [5, 5.41) is 14.0. The lowest BCUT2D eigenvalue weighted by Gasteiger charge is -2.15. The minimum absolute atomic E-state index is 0.265. The van der Waals surface area contributed by atoms with Crippen molar-refractivity contribution in [3.63, 3.8) is 0 Å². The third-order valence-corrected chi connectivity index (χ3v) is 5.08. The van der Waals surface area contributed by atoms with Crippen molar-refractivity contribution < 1.29 is 9.59 Å². The average Bonchev–Trinajstić information content (AvgIpc) is 3.06. The Balaban J connectivity index is 2.20. The third-order valence-electron chi connectivity index (χ3n) is 3.93. The summed E-state index contributed by atoms with van der Waals surface area (Å²) >= 11 is 3.46. The van der Waals surface area contributed by atoms with Crippen LogP contribution in [0.1, 0.15) is 48.2 Å². The Kier molecular flexibility index (Phi) is 5.99. The molecule has 2 aromatic heterocycles. The van der Waals surface area contributed by atoms with Crippen molar-refractivity contribution in [3.05, 3.63) is 27.8 Å². The van der Waals surface area contributed by atoms with E-state index in [0.29, 0.717) is 17.9 Å². The summed E-state index contributed by atoms with van der Waals surface area (Å²) in [6.45, 7) is 8.06. The van der Waals surface area contributed by atoms with E-state index in [1.54, 1.807) is 18.7 Å². The number of hydrogen-bond donors (Lipinski definition) is 2. The molecule has 0 aromatic carbocycles. The van der Waals surface area contributed by atoms with Crippen molar-refractivity contribution in [2.75, 3.05) is 11.9 Å². The molecule has 0 aliphatic carbocycles. The van der Waals surface area contributed by atoms with E-state index in [2.05, 4.69) is 36.8 Å². The summed E-state index contributed by atoms with van der Waals surface area (Å²) in [5.41, 5.74) is 2.39. The number of aryl methyl sites for hydroxylation is 2. The van der Waals surface area contributed by atoms with Crippen LogP contribution in [-0.2, 0) is 11.8 Å². The van der Waals surface area contributed by atoms with E-state index in [1.165, 1.54) is 10.9 Å². The molecule has 0 saturated carbocycles. The molecule has 25 heavy (non-hydrogen) atoms. The van der Waals surface area contributed by atoms with Gasteiger partial charge in [0.05, 0.1) is 27.7 Å². The molecule has 0 bridgehead atoms. The normalized spacial score (nSPS) is 12.1. The molecule has 2 rings (SSSR count). The van der Waals surface area contributed by atoms with Gasteiger partial charge in [0.25, 0.3) is 5.91 Å². The molecular weight excluding hydrogens is 388 g/mol. The van der Waals surface area contributed by atoms with E-state index in [4.69, 9.17) is 0 Å². The van der Waals surface area contributed by atoms with Gasteiger partial charge in [0.2, 0.25) is 5.91 Å². The maximum Gasteiger partial charge on any atom is 0.271 e. The number of amides is 2. The van der Waals surface area contributed by atoms with Gasteiger partial charge < -0.3 is 10.6 Å².